The molecule has 0 aromatic heterocycles. The van der Waals surface area contributed by atoms with Crippen LogP contribution in [0.1, 0.15) is 30.1 Å². The Labute approximate surface area is 120 Å². The van der Waals surface area contributed by atoms with Crippen LogP contribution in [0.25, 0.3) is 0 Å². The highest BCUT2D eigenvalue weighted by Gasteiger charge is 2.10. The summed E-state index contributed by atoms with van der Waals surface area (Å²) in [5.41, 5.74) is 0.422. The van der Waals surface area contributed by atoms with Gasteiger partial charge in [0.25, 0.3) is 5.91 Å². The van der Waals surface area contributed by atoms with Crippen LogP contribution in [0, 0.1) is 0 Å². The van der Waals surface area contributed by atoms with Gasteiger partial charge in [-0.2, -0.15) is 0 Å². The molecule has 1 unspecified atom stereocenters. The Morgan fingerprint density at radius 3 is 2.82 bits per heavy atom. The van der Waals surface area contributed by atoms with Crippen molar-refractivity contribution < 1.29 is 4.79 Å². The summed E-state index contributed by atoms with van der Waals surface area (Å²) in [6.07, 6.45) is 1.94. The quantitative estimate of drug-likeness (QED) is 0.629. The summed E-state index contributed by atoms with van der Waals surface area (Å²) in [7, 11) is 0. The molecule has 0 bridgehead atoms. The van der Waals surface area contributed by atoms with Crippen molar-refractivity contribution in [1.82, 2.24) is 5.32 Å². The van der Waals surface area contributed by atoms with E-state index in [1.165, 1.54) is 0 Å². The van der Waals surface area contributed by atoms with E-state index in [0.717, 1.165) is 12.8 Å². The predicted molar refractivity (Wildman–Crippen MR) is 76.4 cm³/mol. The van der Waals surface area contributed by atoms with Gasteiger partial charge in [-0.3, -0.25) is 4.79 Å². The number of nitrogens with one attached hydrogen (secondary N) is 1. The van der Waals surface area contributed by atoms with E-state index in [4.69, 9.17) is 23.2 Å². The van der Waals surface area contributed by atoms with Gasteiger partial charge in [0.1, 0.15) is 0 Å². The van der Waals surface area contributed by atoms with Crippen molar-refractivity contribution in [1.29, 1.82) is 0 Å². The monoisotopic (exact) mass is 337 g/mol. The third kappa shape index (κ3) is 5.28. The molecule has 1 aromatic rings. The van der Waals surface area contributed by atoms with Gasteiger partial charge in [0.15, 0.2) is 0 Å². The lowest BCUT2D eigenvalue weighted by Crippen LogP contribution is -2.25. The maximum Gasteiger partial charge on any atom is 0.252 e. The molecule has 0 radical (unpaired) electrons. The van der Waals surface area contributed by atoms with Crippen molar-refractivity contribution in [2.45, 2.75) is 24.6 Å². The molecule has 0 aliphatic carbocycles. The number of amides is 1. The van der Waals surface area contributed by atoms with E-state index in [2.05, 4.69) is 28.2 Å². The van der Waals surface area contributed by atoms with Gasteiger partial charge in [-0.25, -0.2) is 0 Å². The summed E-state index contributed by atoms with van der Waals surface area (Å²) in [6, 6.07) is 4.86. The minimum Gasteiger partial charge on any atom is -0.352 e. The van der Waals surface area contributed by atoms with Crippen LogP contribution < -0.4 is 5.32 Å². The molecule has 0 spiro atoms. The molecule has 94 valence electrons. The molecule has 17 heavy (non-hydrogen) atoms. The van der Waals surface area contributed by atoms with Crippen molar-refractivity contribution in [3.05, 3.63) is 33.8 Å². The Bertz CT molecular complexity index is 396. The molecule has 1 rings (SSSR count). The van der Waals surface area contributed by atoms with Gasteiger partial charge in [0, 0.05) is 16.4 Å². The van der Waals surface area contributed by atoms with E-state index < -0.39 is 0 Å². The molecule has 0 saturated carbocycles. The summed E-state index contributed by atoms with van der Waals surface area (Å²) in [5, 5.41) is 3.74. The number of carbonyl (C=O) groups is 1. The zero-order chi connectivity index (χ0) is 12.8. The fourth-order valence-corrected chi connectivity index (χ4v) is 2.05. The molecule has 1 amide bonds. The first-order valence-corrected chi connectivity index (χ1v) is 7.05. The number of hydrogen-bond acceptors (Lipinski definition) is 1. The topological polar surface area (TPSA) is 29.1 Å². The Balaban J connectivity index is 2.49. The lowest BCUT2D eigenvalue weighted by atomic mass is 10.2. The fourth-order valence-electron chi connectivity index (χ4n) is 1.35. The Kier molecular flexibility index (Phi) is 6.31. The SMILES string of the molecule is CC(Br)CCCNC(=O)c1cc(Cl)ccc1Cl. The largest absolute Gasteiger partial charge is 0.352 e. The molecule has 0 fully saturated rings. The molecule has 5 heteroatoms. The number of halogens is 3. The van der Waals surface area contributed by atoms with Crippen LogP contribution in [-0.2, 0) is 0 Å². The first-order chi connectivity index (χ1) is 8.00. The summed E-state index contributed by atoms with van der Waals surface area (Å²) in [6.45, 7) is 2.72. The van der Waals surface area contributed by atoms with E-state index in [1.807, 2.05) is 0 Å². The lowest BCUT2D eigenvalue weighted by Gasteiger charge is -2.07. The van der Waals surface area contributed by atoms with E-state index >= 15 is 0 Å². The predicted octanol–water partition coefficient (Wildman–Crippen LogP) is 4.29. The van der Waals surface area contributed by atoms with Crippen LogP contribution in [0.3, 0.4) is 0 Å². The lowest BCUT2D eigenvalue weighted by molar-refractivity contribution is 0.0953. The van der Waals surface area contributed by atoms with E-state index in [0.29, 0.717) is 27.0 Å². The van der Waals surface area contributed by atoms with Gasteiger partial charge in [0.2, 0.25) is 0 Å². The highest BCUT2D eigenvalue weighted by Crippen LogP contribution is 2.20. The smallest absolute Gasteiger partial charge is 0.252 e. The van der Waals surface area contributed by atoms with Crippen LogP contribution >= 0.6 is 39.1 Å². The van der Waals surface area contributed by atoms with Gasteiger partial charge in [-0.15, -0.1) is 0 Å². The number of hydrogen-bond donors (Lipinski definition) is 1. The second kappa shape index (κ2) is 7.24. The van der Waals surface area contributed by atoms with Gasteiger partial charge in [-0.1, -0.05) is 46.1 Å². The van der Waals surface area contributed by atoms with Crippen LogP contribution in [0.4, 0.5) is 0 Å². The van der Waals surface area contributed by atoms with Crippen LogP contribution in [-0.4, -0.2) is 17.3 Å². The van der Waals surface area contributed by atoms with Crippen molar-refractivity contribution in [2.75, 3.05) is 6.54 Å². The first-order valence-electron chi connectivity index (χ1n) is 5.38. The summed E-state index contributed by atoms with van der Waals surface area (Å²) in [4.78, 5) is 12.3. The molecule has 0 aliphatic rings. The van der Waals surface area contributed by atoms with Crippen LogP contribution in [0.5, 0.6) is 0 Å². The average molecular weight is 339 g/mol. The van der Waals surface area contributed by atoms with Crippen molar-refractivity contribution in [3.63, 3.8) is 0 Å². The number of carbonyl (C=O) groups excluding carboxylic acids is 1. The third-order valence-electron chi connectivity index (χ3n) is 2.24. The van der Waals surface area contributed by atoms with Gasteiger partial charge in [-0.05, 0) is 31.0 Å². The Morgan fingerprint density at radius 2 is 2.18 bits per heavy atom. The van der Waals surface area contributed by atoms with Crippen molar-refractivity contribution in [3.8, 4) is 0 Å². The van der Waals surface area contributed by atoms with Crippen molar-refractivity contribution >= 4 is 45.0 Å². The standard InChI is InChI=1S/C12H14BrCl2NO/c1-8(13)3-2-6-16-12(17)10-7-9(14)4-5-11(10)15/h4-5,7-8H,2-3,6H2,1H3,(H,16,17). The highest BCUT2D eigenvalue weighted by atomic mass is 79.9. The van der Waals surface area contributed by atoms with Crippen LogP contribution in [0.2, 0.25) is 10.0 Å². The molecule has 0 aliphatic heterocycles. The van der Waals surface area contributed by atoms with Gasteiger partial charge >= 0.3 is 0 Å². The number of alkyl halides is 1. The number of benzene rings is 1. The summed E-state index contributed by atoms with van der Waals surface area (Å²) < 4.78 is 0. The second-order valence-corrected chi connectivity index (χ2v) is 6.21. The zero-order valence-corrected chi connectivity index (χ0v) is 12.6. The van der Waals surface area contributed by atoms with Gasteiger partial charge in [0.05, 0.1) is 10.6 Å². The molecule has 0 heterocycles. The van der Waals surface area contributed by atoms with E-state index in [9.17, 15) is 4.79 Å². The third-order valence-corrected chi connectivity index (χ3v) is 3.26. The molecule has 1 aromatic carbocycles. The molecule has 1 atom stereocenters. The fraction of sp³-hybridized carbons (Fsp3) is 0.417. The van der Waals surface area contributed by atoms with E-state index in [-0.39, 0.29) is 5.91 Å². The number of rotatable bonds is 5. The van der Waals surface area contributed by atoms with Gasteiger partial charge < -0.3 is 5.32 Å². The molecular weight excluding hydrogens is 325 g/mol. The second-order valence-electron chi connectivity index (χ2n) is 3.80. The van der Waals surface area contributed by atoms with Crippen LogP contribution in [0.15, 0.2) is 18.2 Å². The average Bonchev–Trinajstić information content (AvgIpc) is 2.27. The Hall–Kier alpha value is -0.250. The zero-order valence-electron chi connectivity index (χ0n) is 9.47. The van der Waals surface area contributed by atoms with Crippen molar-refractivity contribution in [2.24, 2.45) is 0 Å². The molecule has 1 N–H and O–H groups in total. The molecule has 2 nitrogen and oxygen atoms in total. The normalized spacial score (nSPS) is 12.2. The minimum atomic E-state index is -0.181. The minimum absolute atomic E-state index is 0.181. The Morgan fingerprint density at radius 1 is 1.47 bits per heavy atom. The highest BCUT2D eigenvalue weighted by molar-refractivity contribution is 9.09. The van der Waals surface area contributed by atoms with E-state index in [1.54, 1.807) is 18.2 Å². The molecule has 0 saturated heterocycles. The summed E-state index contributed by atoms with van der Waals surface area (Å²) >= 11 is 15.2. The maximum absolute atomic E-state index is 11.8. The first kappa shape index (κ1) is 14.8. The maximum atomic E-state index is 11.8. The summed E-state index contributed by atoms with van der Waals surface area (Å²) in [5.74, 6) is -0.181. The molecular formula is C12H14BrCl2NO.